The molecule has 0 saturated heterocycles. The molecule has 13 heavy (non-hydrogen) atoms. The number of H-pyrrole nitrogens is 1. The van der Waals surface area contributed by atoms with Gasteiger partial charge in [0.2, 0.25) is 0 Å². The van der Waals surface area contributed by atoms with Gasteiger partial charge in [0.05, 0.1) is 5.69 Å². The molecule has 0 atom stereocenters. The second kappa shape index (κ2) is 3.03. The minimum absolute atomic E-state index is 0.963. The molecule has 0 aliphatic carbocycles. The molecular weight excluding hydrogens is 230 g/mol. The van der Waals surface area contributed by atoms with Crippen molar-refractivity contribution in [2.45, 2.75) is 6.92 Å². The Bertz CT molecular complexity index is 414. The predicted molar refractivity (Wildman–Crippen MR) is 55.4 cm³/mol. The smallest absolute Gasteiger partial charge is 0.119 e. The van der Waals surface area contributed by atoms with Crippen LogP contribution in [-0.2, 0) is 7.05 Å². The van der Waals surface area contributed by atoms with E-state index in [0.29, 0.717) is 0 Å². The monoisotopic (exact) mass is 239 g/mol. The lowest BCUT2D eigenvalue weighted by Crippen LogP contribution is -1.90. The maximum absolute atomic E-state index is 4.44. The number of rotatable bonds is 1. The fraction of sp³-hybridized carbons (Fsp3) is 0.222. The van der Waals surface area contributed by atoms with Crippen LogP contribution in [0.15, 0.2) is 22.9 Å². The van der Waals surface area contributed by atoms with Gasteiger partial charge in [-0.15, -0.1) is 0 Å². The van der Waals surface area contributed by atoms with Crippen molar-refractivity contribution in [3.05, 3.63) is 28.8 Å². The molecular formula is C9H10BrN3. The molecule has 2 rings (SSSR count). The topological polar surface area (TPSA) is 33.6 Å². The molecule has 2 aromatic rings. The number of hydrogen-bond acceptors (Lipinski definition) is 1. The second-order valence-electron chi connectivity index (χ2n) is 2.94. The lowest BCUT2D eigenvalue weighted by atomic mass is 10.3. The van der Waals surface area contributed by atoms with E-state index in [2.05, 4.69) is 25.9 Å². The SMILES string of the molecule is Cc1nc(-c2ccc[nH]2)c(Br)n1C. The van der Waals surface area contributed by atoms with E-state index in [4.69, 9.17) is 0 Å². The highest BCUT2D eigenvalue weighted by Crippen LogP contribution is 2.26. The van der Waals surface area contributed by atoms with Crippen LogP contribution in [0.5, 0.6) is 0 Å². The molecule has 0 aliphatic rings. The largest absolute Gasteiger partial charge is 0.360 e. The fourth-order valence-corrected chi connectivity index (χ4v) is 1.79. The van der Waals surface area contributed by atoms with Crippen LogP contribution >= 0.6 is 15.9 Å². The average molecular weight is 240 g/mol. The highest BCUT2D eigenvalue weighted by Gasteiger charge is 2.11. The highest BCUT2D eigenvalue weighted by molar-refractivity contribution is 9.10. The van der Waals surface area contributed by atoms with Gasteiger partial charge in [0.25, 0.3) is 0 Å². The molecule has 0 saturated carbocycles. The number of nitrogens with zero attached hydrogens (tertiary/aromatic N) is 2. The molecule has 4 heteroatoms. The first kappa shape index (κ1) is 8.56. The first-order valence-electron chi connectivity index (χ1n) is 4.02. The molecule has 0 unspecified atom stereocenters. The van der Waals surface area contributed by atoms with Gasteiger partial charge in [0.15, 0.2) is 0 Å². The van der Waals surface area contributed by atoms with E-state index >= 15 is 0 Å². The van der Waals surface area contributed by atoms with Crippen LogP contribution in [0, 0.1) is 6.92 Å². The van der Waals surface area contributed by atoms with E-state index in [-0.39, 0.29) is 0 Å². The molecule has 0 amide bonds. The molecule has 3 nitrogen and oxygen atoms in total. The quantitative estimate of drug-likeness (QED) is 0.816. The summed E-state index contributed by atoms with van der Waals surface area (Å²) >= 11 is 3.50. The Morgan fingerprint density at radius 1 is 1.54 bits per heavy atom. The number of hydrogen-bond donors (Lipinski definition) is 1. The Morgan fingerprint density at radius 2 is 2.31 bits per heavy atom. The van der Waals surface area contributed by atoms with Crippen LogP contribution in [0.4, 0.5) is 0 Å². The Balaban J connectivity index is 2.59. The van der Waals surface area contributed by atoms with Crippen molar-refractivity contribution in [3.63, 3.8) is 0 Å². The maximum Gasteiger partial charge on any atom is 0.119 e. The van der Waals surface area contributed by atoms with E-state index < -0.39 is 0 Å². The first-order chi connectivity index (χ1) is 6.20. The molecule has 0 radical (unpaired) electrons. The summed E-state index contributed by atoms with van der Waals surface area (Å²) in [6, 6.07) is 3.97. The standard InChI is InChI=1S/C9H10BrN3/c1-6-12-8(9(10)13(6)2)7-4-3-5-11-7/h3-5,11H,1-2H3. The summed E-state index contributed by atoms with van der Waals surface area (Å²) in [4.78, 5) is 7.57. The summed E-state index contributed by atoms with van der Waals surface area (Å²) in [7, 11) is 1.98. The summed E-state index contributed by atoms with van der Waals surface area (Å²) in [5.74, 6) is 0.997. The van der Waals surface area contributed by atoms with Crippen molar-refractivity contribution < 1.29 is 0 Å². The second-order valence-corrected chi connectivity index (χ2v) is 3.69. The number of aryl methyl sites for hydroxylation is 1. The van der Waals surface area contributed by atoms with Gasteiger partial charge in [0, 0.05) is 13.2 Å². The van der Waals surface area contributed by atoms with Crippen LogP contribution in [0.3, 0.4) is 0 Å². The number of aromatic nitrogens is 3. The summed E-state index contributed by atoms with van der Waals surface area (Å²) in [6.07, 6.45) is 1.89. The van der Waals surface area contributed by atoms with Crippen LogP contribution < -0.4 is 0 Å². The highest BCUT2D eigenvalue weighted by atomic mass is 79.9. The zero-order valence-corrected chi connectivity index (χ0v) is 9.09. The number of nitrogens with one attached hydrogen (secondary N) is 1. The van der Waals surface area contributed by atoms with Crippen LogP contribution in [-0.4, -0.2) is 14.5 Å². The third kappa shape index (κ3) is 1.31. The summed E-state index contributed by atoms with van der Waals surface area (Å²) in [6.45, 7) is 1.98. The lowest BCUT2D eigenvalue weighted by molar-refractivity contribution is 0.840. The van der Waals surface area contributed by atoms with Gasteiger partial charge < -0.3 is 9.55 Å². The number of imidazole rings is 1. The number of halogens is 1. The molecule has 68 valence electrons. The molecule has 0 fully saturated rings. The lowest BCUT2D eigenvalue weighted by Gasteiger charge is -1.95. The summed E-state index contributed by atoms with van der Waals surface area (Å²) in [5, 5.41) is 0. The van der Waals surface area contributed by atoms with E-state index in [1.165, 1.54) is 0 Å². The fourth-order valence-electron chi connectivity index (χ4n) is 1.23. The molecule has 0 bridgehead atoms. The van der Waals surface area contributed by atoms with Gasteiger partial charge in [-0.2, -0.15) is 0 Å². The minimum atomic E-state index is 0.963. The van der Waals surface area contributed by atoms with Crippen molar-refractivity contribution in [2.75, 3.05) is 0 Å². The Morgan fingerprint density at radius 3 is 2.77 bits per heavy atom. The predicted octanol–water partition coefficient (Wildman–Crippen LogP) is 2.49. The van der Waals surface area contributed by atoms with Crippen LogP contribution in [0.25, 0.3) is 11.4 Å². The molecule has 1 N–H and O–H groups in total. The molecule has 2 aromatic heterocycles. The maximum atomic E-state index is 4.44. The van der Waals surface area contributed by atoms with Gasteiger partial charge in [-0.3, -0.25) is 0 Å². The Labute approximate surface area is 84.9 Å². The van der Waals surface area contributed by atoms with Gasteiger partial charge >= 0.3 is 0 Å². The van der Waals surface area contributed by atoms with Gasteiger partial charge in [0.1, 0.15) is 16.1 Å². The van der Waals surface area contributed by atoms with Crippen molar-refractivity contribution in [2.24, 2.45) is 7.05 Å². The molecule has 2 heterocycles. The van der Waals surface area contributed by atoms with Crippen molar-refractivity contribution in [1.82, 2.24) is 14.5 Å². The third-order valence-electron chi connectivity index (χ3n) is 2.10. The average Bonchev–Trinajstić information content (AvgIpc) is 2.70. The van der Waals surface area contributed by atoms with E-state index in [1.54, 1.807) is 0 Å². The Hall–Kier alpha value is -1.03. The van der Waals surface area contributed by atoms with Crippen LogP contribution in [0.2, 0.25) is 0 Å². The molecule has 0 aromatic carbocycles. The Kier molecular flexibility index (Phi) is 2.00. The van der Waals surface area contributed by atoms with Gasteiger partial charge in [-0.05, 0) is 35.0 Å². The van der Waals surface area contributed by atoms with Gasteiger partial charge in [-0.1, -0.05) is 0 Å². The normalized spacial score (nSPS) is 10.7. The van der Waals surface area contributed by atoms with Crippen molar-refractivity contribution in [1.29, 1.82) is 0 Å². The molecule has 0 spiro atoms. The third-order valence-corrected chi connectivity index (χ3v) is 3.01. The summed E-state index contributed by atoms with van der Waals surface area (Å²) < 4.78 is 3.02. The first-order valence-corrected chi connectivity index (χ1v) is 4.82. The zero-order valence-electron chi connectivity index (χ0n) is 7.50. The van der Waals surface area contributed by atoms with Crippen molar-refractivity contribution in [3.8, 4) is 11.4 Å². The van der Waals surface area contributed by atoms with E-state index in [9.17, 15) is 0 Å². The minimum Gasteiger partial charge on any atom is -0.360 e. The number of aromatic amines is 1. The van der Waals surface area contributed by atoms with E-state index in [0.717, 1.165) is 21.8 Å². The van der Waals surface area contributed by atoms with Gasteiger partial charge in [-0.25, -0.2) is 4.98 Å². The molecule has 0 aliphatic heterocycles. The van der Waals surface area contributed by atoms with Crippen LogP contribution in [0.1, 0.15) is 5.82 Å². The zero-order chi connectivity index (χ0) is 9.42. The summed E-state index contributed by atoms with van der Waals surface area (Å²) in [5.41, 5.74) is 2.00. The van der Waals surface area contributed by atoms with E-state index in [1.807, 2.05) is 36.9 Å². The van der Waals surface area contributed by atoms with Crippen molar-refractivity contribution >= 4 is 15.9 Å².